The van der Waals surface area contributed by atoms with Gasteiger partial charge in [0.2, 0.25) is 0 Å². The second-order valence-electron chi connectivity index (χ2n) is 3.42. The maximum Gasteiger partial charge on any atom is 0.265 e. The molecule has 0 aliphatic carbocycles. The first-order valence-electron chi connectivity index (χ1n) is 4.74. The highest BCUT2D eigenvalue weighted by Crippen LogP contribution is 2.29. The molecule has 0 aliphatic rings. The topological polar surface area (TPSA) is 85.2 Å². The summed E-state index contributed by atoms with van der Waals surface area (Å²) in [4.78, 5) is 25.5. The summed E-state index contributed by atoms with van der Waals surface area (Å²) in [6.45, 7) is 0. The molecule has 1 aromatic heterocycles. The van der Waals surface area contributed by atoms with Gasteiger partial charge in [0.15, 0.2) is 5.43 Å². The Balaban J connectivity index is 2.89. The van der Waals surface area contributed by atoms with E-state index >= 15 is 0 Å². The number of pyridine rings is 1. The number of aromatic nitrogens is 1. The molecule has 2 aromatic rings. The Morgan fingerprint density at radius 3 is 2.76 bits per heavy atom. The fourth-order valence-corrected chi connectivity index (χ4v) is 1.84. The number of hydrogen-bond acceptors (Lipinski definition) is 3. The van der Waals surface area contributed by atoms with Gasteiger partial charge in [0.25, 0.3) is 5.91 Å². The molecule has 3 N–H and O–H groups in total. The van der Waals surface area contributed by atoms with Crippen molar-refractivity contribution < 1.29 is 9.53 Å². The van der Waals surface area contributed by atoms with Gasteiger partial charge >= 0.3 is 0 Å². The number of ether oxygens (including phenoxy) is 1. The number of H-pyrrole nitrogens is 1. The highest BCUT2D eigenvalue weighted by Gasteiger charge is 2.11. The molecule has 2 rings (SSSR count). The van der Waals surface area contributed by atoms with Crippen LogP contribution in [0.1, 0.15) is 10.5 Å². The van der Waals surface area contributed by atoms with Crippen molar-refractivity contribution >= 4 is 28.4 Å². The van der Waals surface area contributed by atoms with Crippen LogP contribution < -0.4 is 15.9 Å². The van der Waals surface area contributed by atoms with Crippen molar-refractivity contribution in [1.82, 2.24) is 4.98 Å². The van der Waals surface area contributed by atoms with Crippen molar-refractivity contribution in [3.63, 3.8) is 0 Å². The predicted molar refractivity (Wildman–Crippen MR) is 64.6 cm³/mol. The van der Waals surface area contributed by atoms with Crippen LogP contribution in [-0.4, -0.2) is 18.0 Å². The standard InChI is InChI=1S/C11H9ClN2O3/c1-17-8-3-2-5-7(15)4-6(11(13)16)14-10(5)9(8)12/h2-4H,1H3,(H2,13,16)(H,14,15). The van der Waals surface area contributed by atoms with Gasteiger partial charge in [-0.05, 0) is 12.1 Å². The van der Waals surface area contributed by atoms with E-state index in [4.69, 9.17) is 22.1 Å². The third-order valence-electron chi connectivity index (χ3n) is 2.39. The van der Waals surface area contributed by atoms with Crippen LogP contribution in [0.3, 0.4) is 0 Å². The average molecular weight is 253 g/mol. The molecule has 0 aliphatic heterocycles. The molecule has 5 nitrogen and oxygen atoms in total. The molecule has 0 saturated heterocycles. The summed E-state index contributed by atoms with van der Waals surface area (Å²) in [6.07, 6.45) is 0. The van der Waals surface area contributed by atoms with Gasteiger partial charge in [-0.15, -0.1) is 0 Å². The third kappa shape index (κ3) is 1.85. The van der Waals surface area contributed by atoms with Crippen LogP contribution >= 0.6 is 11.6 Å². The molecule has 1 heterocycles. The van der Waals surface area contributed by atoms with Crippen LogP contribution in [0.5, 0.6) is 5.75 Å². The smallest absolute Gasteiger partial charge is 0.265 e. The number of fused-ring (bicyclic) bond motifs is 1. The molecule has 0 bridgehead atoms. The van der Waals surface area contributed by atoms with Crippen molar-refractivity contribution in [2.24, 2.45) is 5.73 Å². The molecular weight excluding hydrogens is 244 g/mol. The van der Waals surface area contributed by atoms with Gasteiger partial charge in [-0.2, -0.15) is 0 Å². The summed E-state index contributed by atoms with van der Waals surface area (Å²) >= 11 is 6.04. The zero-order chi connectivity index (χ0) is 12.6. The second-order valence-corrected chi connectivity index (χ2v) is 3.79. The predicted octanol–water partition coefficient (Wildman–Crippen LogP) is 1.29. The number of nitrogens with two attached hydrogens (primary N) is 1. The Morgan fingerprint density at radius 2 is 2.18 bits per heavy atom. The Labute approximate surface area is 101 Å². The lowest BCUT2D eigenvalue weighted by Crippen LogP contribution is -2.17. The van der Waals surface area contributed by atoms with E-state index in [9.17, 15) is 9.59 Å². The van der Waals surface area contributed by atoms with E-state index in [0.717, 1.165) is 6.07 Å². The number of amides is 1. The highest BCUT2D eigenvalue weighted by molar-refractivity contribution is 6.36. The van der Waals surface area contributed by atoms with Gasteiger partial charge in [-0.3, -0.25) is 9.59 Å². The van der Waals surface area contributed by atoms with Crippen LogP contribution in [0.25, 0.3) is 10.9 Å². The molecule has 0 fully saturated rings. The molecular formula is C11H9ClN2O3. The largest absolute Gasteiger partial charge is 0.495 e. The van der Waals surface area contributed by atoms with Gasteiger partial charge in [0, 0.05) is 11.5 Å². The summed E-state index contributed by atoms with van der Waals surface area (Å²) in [7, 11) is 1.46. The van der Waals surface area contributed by atoms with Crippen molar-refractivity contribution in [3.8, 4) is 5.75 Å². The van der Waals surface area contributed by atoms with E-state index in [-0.39, 0.29) is 16.1 Å². The number of aromatic amines is 1. The van der Waals surface area contributed by atoms with Gasteiger partial charge in [0.05, 0.1) is 12.6 Å². The first-order chi connectivity index (χ1) is 8.04. The minimum atomic E-state index is -0.720. The van der Waals surface area contributed by atoms with Crippen LogP contribution in [0, 0.1) is 0 Å². The average Bonchev–Trinajstić information content (AvgIpc) is 2.30. The summed E-state index contributed by atoms with van der Waals surface area (Å²) in [5.74, 6) is -0.306. The summed E-state index contributed by atoms with van der Waals surface area (Å²) in [6, 6.07) is 4.31. The monoisotopic (exact) mass is 252 g/mol. The number of benzene rings is 1. The lowest BCUT2D eigenvalue weighted by molar-refractivity contribution is 0.0996. The Bertz CT molecular complexity index is 664. The lowest BCUT2D eigenvalue weighted by atomic mass is 10.2. The molecule has 0 radical (unpaired) electrons. The molecule has 88 valence electrons. The van der Waals surface area contributed by atoms with Gasteiger partial charge in [-0.1, -0.05) is 11.6 Å². The normalized spacial score (nSPS) is 10.5. The molecule has 0 saturated carbocycles. The van der Waals surface area contributed by atoms with Crippen molar-refractivity contribution in [1.29, 1.82) is 0 Å². The molecule has 6 heteroatoms. The van der Waals surface area contributed by atoms with Crippen LogP contribution in [0.4, 0.5) is 0 Å². The molecule has 1 aromatic carbocycles. The lowest BCUT2D eigenvalue weighted by Gasteiger charge is -2.07. The molecule has 1 amide bonds. The number of halogens is 1. The Morgan fingerprint density at radius 1 is 1.47 bits per heavy atom. The van der Waals surface area contributed by atoms with Crippen molar-refractivity contribution in [2.45, 2.75) is 0 Å². The summed E-state index contributed by atoms with van der Waals surface area (Å²) < 4.78 is 5.02. The fourth-order valence-electron chi connectivity index (χ4n) is 1.55. The van der Waals surface area contributed by atoms with Gasteiger partial charge < -0.3 is 15.5 Å². The maximum absolute atomic E-state index is 11.7. The number of rotatable bonds is 2. The van der Waals surface area contributed by atoms with Crippen LogP contribution in [0.2, 0.25) is 5.02 Å². The summed E-state index contributed by atoms with van der Waals surface area (Å²) in [5, 5.41) is 0.617. The van der Waals surface area contributed by atoms with Gasteiger partial charge in [-0.25, -0.2) is 0 Å². The first kappa shape index (κ1) is 11.5. The van der Waals surface area contributed by atoms with E-state index < -0.39 is 5.91 Å². The number of carbonyl (C=O) groups is 1. The van der Waals surface area contributed by atoms with Gasteiger partial charge in [0.1, 0.15) is 16.5 Å². The van der Waals surface area contributed by atoms with E-state index in [2.05, 4.69) is 4.98 Å². The van der Waals surface area contributed by atoms with E-state index in [1.54, 1.807) is 12.1 Å². The molecule has 0 unspecified atom stereocenters. The summed E-state index contributed by atoms with van der Waals surface area (Å²) in [5.41, 5.74) is 5.14. The zero-order valence-electron chi connectivity index (χ0n) is 8.91. The van der Waals surface area contributed by atoms with Crippen molar-refractivity contribution in [2.75, 3.05) is 7.11 Å². The quantitative estimate of drug-likeness (QED) is 0.844. The molecule has 17 heavy (non-hydrogen) atoms. The minimum absolute atomic E-state index is 0.0117. The molecule has 0 spiro atoms. The SMILES string of the molecule is COc1ccc2c(=O)cc(C(N)=O)[nH]c2c1Cl. The number of primary amides is 1. The first-order valence-corrected chi connectivity index (χ1v) is 5.11. The third-order valence-corrected chi connectivity index (χ3v) is 2.77. The van der Waals surface area contributed by atoms with E-state index in [1.165, 1.54) is 7.11 Å². The maximum atomic E-state index is 11.7. The minimum Gasteiger partial charge on any atom is -0.495 e. The number of nitrogens with one attached hydrogen (secondary N) is 1. The number of hydrogen-bond donors (Lipinski definition) is 2. The fraction of sp³-hybridized carbons (Fsp3) is 0.0909. The van der Waals surface area contributed by atoms with Crippen molar-refractivity contribution in [3.05, 3.63) is 39.1 Å². The molecule has 0 atom stereocenters. The van der Waals surface area contributed by atoms with Crippen LogP contribution in [0.15, 0.2) is 23.0 Å². The Kier molecular flexibility index (Phi) is 2.77. The second kappa shape index (κ2) is 4.10. The van der Waals surface area contributed by atoms with E-state index in [0.29, 0.717) is 16.7 Å². The Hall–Kier alpha value is -2.01. The highest BCUT2D eigenvalue weighted by atomic mass is 35.5. The van der Waals surface area contributed by atoms with E-state index in [1.807, 2.05) is 0 Å². The zero-order valence-corrected chi connectivity index (χ0v) is 9.67. The number of methoxy groups -OCH3 is 1. The van der Waals surface area contributed by atoms with Crippen LogP contribution in [-0.2, 0) is 0 Å². The number of carbonyl (C=O) groups excluding carboxylic acids is 1.